The molecule has 1 aromatic heterocycles. The van der Waals surface area contributed by atoms with Crippen LogP contribution in [0, 0.1) is 0 Å². The molecule has 0 aliphatic heterocycles. The molecule has 2 N–H and O–H groups in total. The van der Waals surface area contributed by atoms with Gasteiger partial charge >= 0.3 is 0 Å². The van der Waals surface area contributed by atoms with Gasteiger partial charge in [-0.05, 0) is 30.3 Å². The zero-order chi connectivity index (χ0) is 20.1. The Hall–Kier alpha value is -2.48. The molecule has 0 radical (unpaired) electrons. The Kier molecular flexibility index (Phi) is 6.61. The number of nitrogens with one attached hydrogen (secondary N) is 1. The number of thioether (sulfide) groups is 1. The maximum Gasteiger partial charge on any atom is 0.234 e. The molecule has 1 amide bonds. The molecule has 6 nitrogen and oxygen atoms in total. The third-order valence-corrected chi connectivity index (χ3v) is 5.41. The summed E-state index contributed by atoms with van der Waals surface area (Å²) in [4.78, 5) is 12.3. The van der Waals surface area contributed by atoms with E-state index < -0.39 is 0 Å². The second-order valence-electron chi connectivity index (χ2n) is 5.69. The summed E-state index contributed by atoms with van der Waals surface area (Å²) >= 11 is 13.1. The Morgan fingerprint density at radius 1 is 1.21 bits per heavy atom. The summed E-state index contributed by atoms with van der Waals surface area (Å²) in [6.07, 6.45) is 1.70. The maximum absolute atomic E-state index is 12.3. The lowest BCUT2D eigenvalue weighted by Gasteiger charge is -2.09. The van der Waals surface area contributed by atoms with Crippen molar-refractivity contribution in [2.45, 2.75) is 11.7 Å². The summed E-state index contributed by atoms with van der Waals surface area (Å²) in [5.74, 6) is 0.510. The number of amides is 1. The summed E-state index contributed by atoms with van der Waals surface area (Å²) < 4.78 is 1.79. The fourth-order valence-corrected chi connectivity index (χ4v) is 3.50. The van der Waals surface area contributed by atoms with Crippen LogP contribution in [0.25, 0.3) is 11.4 Å². The first-order valence-corrected chi connectivity index (χ1v) is 9.94. The molecule has 0 bridgehead atoms. The molecule has 0 atom stereocenters. The van der Waals surface area contributed by atoms with Gasteiger partial charge in [-0.25, -0.2) is 0 Å². The van der Waals surface area contributed by atoms with Crippen molar-refractivity contribution in [2.75, 3.05) is 11.1 Å². The predicted molar refractivity (Wildman–Crippen MR) is 113 cm³/mol. The van der Waals surface area contributed by atoms with Gasteiger partial charge < -0.3 is 10.4 Å². The lowest BCUT2D eigenvalue weighted by molar-refractivity contribution is -0.113. The quantitative estimate of drug-likeness (QED) is 0.409. The smallest absolute Gasteiger partial charge is 0.234 e. The summed E-state index contributed by atoms with van der Waals surface area (Å²) in [5.41, 5.74) is 1.12. The van der Waals surface area contributed by atoms with E-state index in [0.717, 1.165) is 0 Å². The van der Waals surface area contributed by atoms with E-state index in [4.69, 9.17) is 23.2 Å². The van der Waals surface area contributed by atoms with Gasteiger partial charge in [0.15, 0.2) is 11.0 Å². The SMILES string of the molecule is C=CCn1c(SCC(=O)Nc2ccc(Cl)c(Cl)c2)nnc1-c1ccccc1O. The molecule has 3 rings (SSSR count). The minimum absolute atomic E-state index is 0.106. The monoisotopic (exact) mass is 434 g/mol. The lowest BCUT2D eigenvalue weighted by atomic mass is 10.2. The fraction of sp³-hybridized carbons (Fsp3) is 0.105. The van der Waals surface area contributed by atoms with Gasteiger partial charge in [-0.1, -0.05) is 53.2 Å². The number of aromatic nitrogens is 3. The van der Waals surface area contributed by atoms with Crippen LogP contribution in [0.4, 0.5) is 5.69 Å². The van der Waals surface area contributed by atoms with Crippen molar-refractivity contribution in [3.8, 4) is 17.1 Å². The van der Waals surface area contributed by atoms with Crippen LogP contribution in [-0.2, 0) is 11.3 Å². The van der Waals surface area contributed by atoms with Crippen LogP contribution < -0.4 is 5.32 Å². The van der Waals surface area contributed by atoms with Crippen LogP contribution in [0.1, 0.15) is 0 Å². The van der Waals surface area contributed by atoms with Crippen molar-refractivity contribution in [2.24, 2.45) is 0 Å². The minimum Gasteiger partial charge on any atom is -0.507 e. The third-order valence-electron chi connectivity index (χ3n) is 3.71. The fourth-order valence-electron chi connectivity index (χ4n) is 2.45. The second kappa shape index (κ2) is 9.14. The molecule has 28 heavy (non-hydrogen) atoms. The van der Waals surface area contributed by atoms with Crippen LogP contribution in [-0.4, -0.2) is 31.5 Å². The number of aromatic hydroxyl groups is 1. The van der Waals surface area contributed by atoms with E-state index in [-0.39, 0.29) is 17.4 Å². The van der Waals surface area contributed by atoms with Gasteiger partial charge in [0.25, 0.3) is 0 Å². The van der Waals surface area contributed by atoms with E-state index in [1.807, 2.05) is 0 Å². The molecule has 0 spiro atoms. The molecule has 0 aliphatic carbocycles. The highest BCUT2D eigenvalue weighted by atomic mass is 35.5. The number of carbonyl (C=O) groups excluding carboxylic acids is 1. The van der Waals surface area contributed by atoms with E-state index in [2.05, 4.69) is 22.1 Å². The van der Waals surface area contributed by atoms with E-state index in [1.165, 1.54) is 11.8 Å². The average molecular weight is 435 g/mol. The predicted octanol–water partition coefficient (Wildman–Crippen LogP) is 4.87. The number of halogens is 2. The summed E-state index contributed by atoms with van der Waals surface area (Å²) in [6, 6.07) is 11.8. The lowest BCUT2D eigenvalue weighted by Crippen LogP contribution is -2.14. The summed E-state index contributed by atoms with van der Waals surface area (Å²) in [7, 11) is 0. The number of nitrogens with zero attached hydrogens (tertiary/aromatic N) is 3. The third kappa shape index (κ3) is 4.67. The largest absolute Gasteiger partial charge is 0.507 e. The van der Waals surface area contributed by atoms with Crippen LogP contribution in [0.2, 0.25) is 10.0 Å². The Bertz CT molecular complexity index is 1020. The number of allylic oxidation sites excluding steroid dienone is 1. The molecule has 0 saturated carbocycles. The highest BCUT2D eigenvalue weighted by Gasteiger charge is 2.17. The van der Waals surface area contributed by atoms with Gasteiger partial charge in [0.05, 0.1) is 21.4 Å². The Morgan fingerprint density at radius 3 is 2.71 bits per heavy atom. The average Bonchev–Trinajstić information content (AvgIpc) is 3.06. The van der Waals surface area contributed by atoms with Gasteiger partial charge in [0, 0.05) is 12.2 Å². The molecule has 144 valence electrons. The van der Waals surface area contributed by atoms with E-state index in [9.17, 15) is 9.90 Å². The Balaban J connectivity index is 1.73. The van der Waals surface area contributed by atoms with Crippen LogP contribution in [0.5, 0.6) is 5.75 Å². The number of para-hydroxylation sites is 1. The first kappa shape index (κ1) is 20.3. The highest BCUT2D eigenvalue weighted by Crippen LogP contribution is 2.30. The zero-order valence-electron chi connectivity index (χ0n) is 14.6. The molecule has 0 saturated heterocycles. The van der Waals surface area contributed by atoms with E-state index in [0.29, 0.717) is 38.8 Å². The number of hydrogen-bond acceptors (Lipinski definition) is 5. The molecular weight excluding hydrogens is 419 g/mol. The van der Waals surface area contributed by atoms with Gasteiger partial charge in [-0.2, -0.15) is 0 Å². The van der Waals surface area contributed by atoms with E-state index >= 15 is 0 Å². The number of carbonyl (C=O) groups is 1. The topological polar surface area (TPSA) is 80.0 Å². The van der Waals surface area contributed by atoms with Crippen molar-refractivity contribution in [3.63, 3.8) is 0 Å². The number of hydrogen-bond donors (Lipinski definition) is 2. The van der Waals surface area contributed by atoms with Gasteiger partial charge in [0.1, 0.15) is 5.75 Å². The molecule has 1 heterocycles. The molecule has 3 aromatic rings. The van der Waals surface area contributed by atoms with Gasteiger partial charge in [-0.15, -0.1) is 16.8 Å². The normalized spacial score (nSPS) is 10.6. The van der Waals surface area contributed by atoms with E-state index in [1.54, 1.807) is 53.1 Å². The number of benzene rings is 2. The molecule has 0 fully saturated rings. The standard InChI is InChI=1S/C19H16Cl2N4O2S/c1-2-9-25-18(13-5-3-4-6-16(13)26)23-24-19(25)28-11-17(27)22-12-7-8-14(20)15(21)10-12/h2-8,10,26H,1,9,11H2,(H,22,27). The molecular formula is C19H16Cl2N4O2S. The summed E-state index contributed by atoms with van der Waals surface area (Å²) in [5, 5.41) is 22.5. The van der Waals surface area contributed by atoms with Crippen molar-refractivity contribution >= 4 is 46.6 Å². The first-order valence-electron chi connectivity index (χ1n) is 8.19. The number of anilines is 1. The maximum atomic E-state index is 12.3. The number of phenols is 1. The second-order valence-corrected chi connectivity index (χ2v) is 7.45. The molecule has 2 aromatic carbocycles. The van der Waals surface area contributed by atoms with Crippen molar-refractivity contribution in [1.82, 2.24) is 14.8 Å². The molecule has 9 heteroatoms. The summed E-state index contributed by atoms with van der Waals surface area (Å²) in [6.45, 7) is 4.19. The van der Waals surface area contributed by atoms with Gasteiger partial charge in [-0.3, -0.25) is 9.36 Å². The Labute approximate surface area is 176 Å². The highest BCUT2D eigenvalue weighted by molar-refractivity contribution is 7.99. The van der Waals surface area contributed by atoms with Crippen LogP contribution in [0.15, 0.2) is 60.3 Å². The van der Waals surface area contributed by atoms with Crippen molar-refractivity contribution in [3.05, 3.63) is 65.2 Å². The van der Waals surface area contributed by atoms with Crippen LogP contribution in [0.3, 0.4) is 0 Å². The zero-order valence-corrected chi connectivity index (χ0v) is 16.9. The van der Waals surface area contributed by atoms with Crippen molar-refractivity contribution in [1.29, 1.82) is 0 Å². The number of rotatable bonds is 7. The molecule has 0 aliphatic rings. The molecule has 0 unspecified atom stereocenters. The van der Waals surface area contributed by atoms with Crippen LogP contribution >= 0.6 is 35.0 Å². The number of phenolic OH excluding ortho intramolecular Hbond substituents is 1. The first-order chi connectivity index (χ1) is 13.5. The van der Waals surface area contributed by atoms with Crippen molar-refractivity contribution < 1.29 is 9.90 Å². The minimum atomic E-state index is -0.222. The van der Waals surface area contributed by atoms with Gasteiger partial charge in [0.2, 0.25) is 5.91 Å². The Morgan fingerprint density at radius 2 is 2.00 bits per heavy atom.